The number of halogens is 1. The molecule has 0 aliphatic carbocycles. The fraction of sp³-hybridized carbons (Fsp3) is 0.412. The largest absolute Gasteiger partial charge is 0.444 e. The van der Waals surface area contributed by atoms with Crippen LogP contribution in [0.5, 0.6) is 0 Å². The summed E-state index contributed by atoms with van der Waals surface area (Å²) in [5.41, 5.74) is 2.13. The standard InChI is InChI=1S/C17H23BrN4O/c1-5-19-17(20-10-16-21-12(2)13(3)23-16)22(4)11-14-8-6-7-9-15(14)18/h6-9H,5,10-11H2,1-4H3,(H,19,20). The van der Waals surface area contributed by atoms with E-state index >= 15 is 0 Å². The smallest absolute Gasteiger partial charge is 0.216 e. The second-order valence-electron chi connectivity index (χ2n) is 5.37. The fourth-order valence-corrected chi connectivity index (χ4v) is 2.59. The molecule has 5 nitrogen and oxygen atoms in total. The van der Waals surface area contributed by atoms with E-state index in [4.69, 9.17) is 4.42 Å². The van der Waals surface area contributed by atoms with Gasteiger partial charge >= 0.3 is 0 Å². The number of aliphatic imine (C=N–C) groups is 1. The lowest BCUT2D eigenvalue weighted by molar-refractivity contribution is 0.457. The monoisotopic (exact) mass is 378 g/mol. The molecule has 2 aromatic rings. The Kier molecular flexibility index (Phi) is 6.21. The summed E-state index contributed by atoms with van der Waals surface area (Å²) >= 11 is 3.59. The van der Waals surface area contributed by atoms with Crippen LogP contribution >= 0.6 is 15.9 Å². The Morgan fingerprint density at radius 3 is 2.70 bits per heavy atom. The highest BCUT2D eigenvalue weighted by atomic mass is 79.9. The van der Waals surface area contributed by atoms with Gasteiger partial charge in [-0.05, 0) is 32.4 Å². The van der Waals surface area contributed by atoms with E-state index in [1.54, 1.807) is 0 Å². The minimum absolute atomic E-state index is 0.428. The molecule has 23 heavy (non-hydrogen) atoms. The molecule has 0 bridgehead atoms. The number of benzene rings is 1. The summed E-state index contributed by atoms with van der Waals surface area (Å²) < 4.78 is 6.69. The number of aryl methyl sites for hydroxylation is 2. The molecule has 2 rings (SSSR count). The van der Waals surface area contributed by atoms with Gasteiger partial charge in [0, 0.05) is 24.6 Å². The molecule has 1 N–H and O–H groups in total. The van der Waals surface area contributed by atoms with Gasteiger partial charge in [0.05, 0.1) is 5.69 Å². The van der Waals surface area contributed by atoms with Crippen LogP contribution in [0.3, 0.4) is 0 Å². The van der Waals surface area contributed by atoms with Crippen LogP contribution in [0.25, 0.3) is 0 Å². The van der Waals surface area contributed by atoms with E-state index in [2.05, 4.69) is 49.1 Å². The zero-order valence-electron chi connectivity index (χ0n) is 14.1. The number of hydrogen-bond donors (Lipinski definition) is 1. The van der Waals surface area contributed by atoms with Crippen molar-refractivity contribution < 1.29 is 4.42 Å². The summed E-state index contributed by atoms with van der Waals surface area (Å²) in [6, 6.07) is 8.20. The second kappa shape index (κ2) is 8.15. The molecule has 1 aromatic heterocycles. The molecule has 1 aromatic carbocycles. The third-order valence-electron chi connectivity index (χ3n) is 3.50. The van der Waals surface area contributed by atoms with Crippen molar-refractivity contribution in [3.8, 4) is 0 Å². The van der Waals surface area contributed by atoms with E-state index in [0.717, 1.165) is 35.0 Å². The lowest BCUT2D eigenvalue weighted by atomic mass is 10.2. The molecule has 0 unspecified atom stereocenters. The van der Waals surface area contributed by atoms with Gasteiger partial charge in [0.15, 0.2) is 5.96 Å². The molecule has 0 amide bonds. The Labute approximate surface area is 145 Å². The zero-order chi connectivity index (χ0) is 16.8. The molecule has 0 spiro atoms. The normalized spacial score (nSPS) is 11.6. The van der Waals surface area contributed by atoms with E-state index < -0.39 is 0 Å². The summed E-state index contributed by atoms with van der Waals surface area (Å²) in [7, 11) is 2.02. The summed E-state index contributed by atoms with van der Waals surface area (Å²) in [5.74, 6) is 2.32. The molecule has 0 saturated carbocycles. The SMILES string of the molecule is CCNC(=NCc1nc(C)c(C)o1)N(C)Cc1ccccc1Br. The zero-order valence-corrected chi connectivity index (χ0v) is 15.6. The van der Waals surface area contributed by atoms with Crippen molar-refractivity contribution in [3.63, 3.8) is 0 Å². The van der Waals surface area contributed by atoms with Crippen LogP contribution in [0.4, 0.5) is 0 Å². The van der Waals surface area contributed by atoms with Gasteiger partial charge < -0.3 is 14.6 Å². The fourth-order valence-electron chi connectivity index (χ4n) is 2.18. The van der Waals surface area contributed by atoms with Crippen LogP contribution in [-0.2, 0) is 13.1 Å². The van der Waals surface area contributed by atoms with Gasteiger partial charge in [-0.25, -0.2) is 9.98 Å². The minimum Gasteiger partial charge on any atom is -0.444 e. The van der Waals surface area contributed by atoms with Gasteiger partial charge in [0.25, 0.3) is 0 Å². The number of guanidine groups is 1. The molecule has 0 radical (unpaired) electrons. The summed E-state index contributed by atoms with van der Waals surface area (Å²) in [4.78, 5) is 11.1. The lowest BCUT2D eigenvalue weighted by Crippen LogP contribution is -2.38. The molecule has 6 heteroatoms. The number of nitrogens with zero attached hydrogens (tertiary/aromatic N) is 3. The van der Waals surface area contributed by atoms with Crippen molar-refractivity contribution in [3.05, 3.63) is 51.6 Å². The Hall–Kier alpha value is -1.82. The highest BCUT2D eigenvalue weighted by molar-refractivity contribution is 9.10. The Morgan fingerprint density at radius 2 is 2.09 bits per heavy atom. The maximum Gasteiger partial charge on any atom is 0.216 e. The third-order valence-corrected chi connectivity index (χ3v) is 4.27. The van der Waals surface area contributed by atoms with Crippen molar-refractivity contribution >= 4 is 21.9 Å². The molecule has 0 saturated heterocycles. The molecule has 0 aliphatic rings. The first-order valence-corrected chi connectivity index (χ1v) is 8.46. The lowest BCUT2D eigenvalue weighted by Gasteiger charge is -2.22. The highest BCUT2D eigenvalue weighted by Crippen LogP contribution is 2.17. The first-order chi connectivity index (χ1) is 11.0. The topological polar surface area (TPSA) is 53.7 Å². The molecule has 1 heterocycles. The van der Waals surface area contributed by atoms with Gasteiger partial charge in [-0.1, -0.05) is 34.1 Å². The summed E-state index contributed by atoms with van der Waals surface area (Å²) in [6.45, 7) is 7.91. The second-order valence-corrected chi connectivity index (χ2v) is 6.22. The number of aromatic nitrogens is 1. The molecule has 0 atom stereocenters. The van der Waals surface area contributed by atoms with Crippen molar-refractivity contribution in [1.29, 1.82) is 0 Å². The van der Waals surface area contributed by atoms with Crippen LogP contribution in [-0.4, -0.2) is 29.4 Å². The van der Waals surface area contributed by atoms with Crippen LogP contribution in [0.15, 0.2) is 38.1 Å². The van der Waals surface area contributed by atoms with Crippen molar-refractivity contribution in [2.24, 2.45) is 4.99 Å². The Bertz CT molecular complexity index is 661. The number of hydrogen-bond acceptors (Lipinski definition) is 3. The van der Waals surface area contributed by atoms with Gasteiger partial charge in [-0.3, -0.25) is 0 Å². The highest BCUT2D eigenvalue weighted by Gasteiger charge is 2.10. The van der Waals surface area contributed by atoms with E-state index in [1.807, 2.05) is 39.1 Å². The van der Waals surface area contributed by atoms with Gasteiger partial charge in [-0.2, -0.15) is 0 Å². The van der Waals surface area contributed by atoms with E-state index in [1.165, 1.54) is 5.56 Å². The van der Waals surface area contributed by atoms with Gasteiger partial charge in [-0.15, -0.1) is 0 Å². The quantitative estimate of drug-likeness (QED) is 0.637. The van der Waals surface area contributed by atoms with Crippen LogP contribution in [0, 0.1) is 13.8 Å². The Balaban J connectivity index is 2.10. The van der Waals surface area contributed by atoms with E-state index in [9.17, 15) is 0 Å². The maximum atomic E-state index is 5.59. The number of oxazole rings is 1. The van der Waals surface area contributed by atoms with Crippen LogP contribution in [0.1, 0.15) is 29.8 Å². The molecular formula is C17H23BrN4O. The number of nitrogens with one attached hydrogen (secondary N) is 1. The van der Waals surface area contributed by atoms with Gasteiger partial charge in [0.2, 0.25) is 5.89 Å². The van der Waals surface area contributed by atoms with Crippen LogP contribution in [0.2, 0.25) is 0 Å². The average molecular weight is 379 g/mol. The van der Waals surface area contributed by atoms with Crippen molar-refractivity contribution in [2.45, 2.75) is 33.9 Å². The molecule has 0 aliphatic heterocycles. The first kappa shape index (κ1) is 17.5. The van der Waals surface area contributed by atoms with Crippen molar-refractivity contribution in [1.82, 2.24) is 15.2 Å². The van der Waals surface area contributed by atoms with Gasteiger partial charge in [0.1, 0.15) is 12.3 Å². The Morgan fingerprint density at radius 1 is 1.35 bits per heavy atom. The third kappa shape index (κ3) is 4.82. The molecule has 124 valence electrons. The van der Waals surface area contributed by atoms with Crippen LogP contribution < -0.4 is 5.32 Å². The van der Waals surface area contributed by atoms with Crippen molar-refractivity contribution in [2.75, 3.05) is 13.6 Å². The molecule has 0 fully saturated rings. The summed E-state index contributed by atoms with van der Waals surface area (Å²) in [6.07, 6.45) is 0. The predicted molar refractivity (Wildman–Crippen MR) is 96.4 cm³/mol. The van der Waals surface area contributed by atoms with E-state index in [-0.39, 0.29) is 0 Å². The average Bonchev–Trinajstić information content (AvgIpc) is 2.84. The molecular weight excluding hydrogens is 356 g/mol. The predicted octanol–water partition coefficient (Wildman–Crippen LogP) is 3.65. The minimum atomic E-state index is 0.428. The summed E-state index contributed by atoms with van der Waals surface area (Å²) in [5, 5.41) is 3.30. The maximum absolute atomic E-state index is 5.59. The first-order valence-electron chi connectivity index (χ1n) is 7.67. The number of rotatable bonds is 5. The van der Waals surface area contributed by atoms with E-state index in [0.29, 0.717) is 12.4 Å².